The van der Waals surface area contributed by atoms with Crippen molar-refractivity contribution in [1.29, 1.82) is 0 Å². The smallest absolute Gasteiger partial charge is 0.0603 e. The second kappa shape index (κ2) is 17.7. The second-order valence-electron chi connectivity index (χ2n) is 17.2. The molecule has 0 N–H and O–H groups in total. The van der Waals surface area contributed by atoms with E-state index in [1.165, 1.54) is 53.5 Å². The first kappa shape index (κ1) is 41.5. The molecule has 0 atom stereocenters. The van der Waals surface area contributed by atoms with Gasteiger partial charge in [-0.2, -0.15) is 0 Å². The van der Waals surface area contributed by atoms with Crippen LogP contribution in [0.15, 0.2) is 262 Å². The average Bonchev–Trinajstić information content (AvgIpc) is 3.39. The number of anilines is 12. The van der Waals surface area contributed by atoms with Crippen molar-refractivity contribution < 1.29 is 0 Å². The van der Waals surface area contributed by atoms with Gasteiger partial charge in [0.1, 0.15) is 0 Å². The Morgan fingerprint density at radius 1 is 0.279 bits per heavy atom. The lowest BCUT2D eigenvalue weighted by molar-refractivity contribution is 1.15. The highest BCUT2D eigenvalue weighted by atomic mass is 32.2. The van der Waals surface area contributed by atoms with E-state index >= 15 is 0 Å². The van der Waals surface area contributed by atoms with Gasteiger partial charge in [-0.3, -0.25) is 0 Å². The van der Waals surface area contributed by atoms with Gasteiger partial charge in [0.25, 0.3) is 0 Å². The summed E-state index contributed by atoms with van der Waals surface area (Å²) in [5.74, 6) is 0. The number of hydrogen-bond acceptors (Lipinski definition) is 6. The van der Waals surface area contributed by atoms with Gasteiger partial charge >= 0.3 is 0 Å². The summed E-state index contributed by atoms with van der Waals surface area (Å²) in [7, 11) is 0. The Bertz CT molecular complexity index is 3180. The van der Waals surface area contributed by atoms with E-state index in [2.05, 4.69) is 276 Å². The quantitative estimate of drug-likeness (QED) is 0.142. The third kappa shape index (κ3) is 7.77. The maximum atomic E-state index is 2.39. The zero-order valence-electron chi connectivity index (χ0n) is 37.7. The molecule has 0 radical (unpaired) electrons. The fourth-order valence-corrected chi connectivity index (χ4v) is 11.6. The first-order valence-corrected chi connectivity index (χ1v) is 24.6. The van der Waals surface area contributed by atoms with Crippen molar-refractivity contribution in [1.82, 2.24) is 0 Å². The Balaban J connectivity index is 0.863. The zero-order chi connectivity index (χ0) is 45.6. The Morgan fingerprint density at radius 3 is 1.00 bits per heavy atom. The molecule has 0 fully saturated rings. The number of hydrogen-bond donors (Lipinski definition) is 0. The fraction of sp³-hybridized carbons (Fsp3) is 0.0323. The minimum Gasteiger partial charge on any atom is -0.310 e. The van der Waals surface area contributed by atoms with E-state index in [4.69, 9.17) is 0 Å². The molecular weight excluding hydrogens is 865 g/mol. The highest BCUT2D eigenvalue weighted by Crippen LogP contribution is 2.55. The predicted octanol–water partition coefficient (Wildman–Crippen LogP) is 18.8. The van der Waals surface area contributed by atoms with Crippen LogP contribution in [0.5, 0.6) is 0 Å². The number of aryl methyl sites for hydroxylation is 2. The monoisotopic (exact) mass is 910 g/mol. The van der Waals surface area contributed by atoms with E-state index in [0.29, 0.717) is 0 Å². The summed E-state index contributed by atoms with van der Waals surface area (Å²) in [5.41, 5.74) is 18.5. The molecule has 0 aromatic heterocycles. The van der Waals surface area contributed by atoms with Crippen molar-refractivity contribution in [3.8, 4) is 11.1 Å². The average molecular weight is 911 g/mol. The number of nitrogens with zero attached hydrogens (tertiary/aromatic N) is 4. The molecule has 4 nitrogen and oxygen atoms in total. The van der Waals surface area contributed by atoms with E-state index in [1.54, 1.807) is 0 Å². The molecule has 0 saturated carbocycles. The molecule has 326 valence electrons. The first-order chi connectivity index (χ1) is 33.5. The third-order valence-corrected chi connectivity index (χ3v) is 15.0. The van der Waals surface area contributed by atoms with Gasteiger partial charge in [0.15, 0.2) is 0 Å². The molecule has 0 saturated heterocycles. The molecule has 68 heavy (non-hydrogen) atoms. The lowest BCUT2D eigenvalue weighted by atomic mass is 10.0. The summed E-state index contributed by atoms with van der Waals surface area (Å²) >= 11 is 3.67. The molecule has 0 spiro atoms. The van der Waals surface area contributed by atoms with Crippen LogP contribution in [-0.2, 0) is 0 Å². The molecule has 0 amide bonds. The van der Waals surface area contributed by atoms with Crippen LogP contribution < -0.4 is 19.6 Å². The van der Waals surface area contributed by atoms with Crippen LogP contribution in [0.25, 0.3) is 11.1 Å². The Kier molecular flexibility index (Phi) is 10.8. The van der Waals surface area contributed by atoms with Crippen molar-refractivity contribution in [2.24, 2.45) is 0 Å². The second-order valence-corrected chi connectivity index (χ2v) is 19.4. The molecule has 0 bridgehead atoms. The van der Waals surface area contributed by atoms with E-state index in [0.717, 1.165) is 56.6 Å². The van der Waals surface area contributed by atoms with Gasteiger partial charge in [0.2, 0.25) is 0 Å². The van der Waals surface area contributed by atoms with Gasteiger partial charge in [0, 0.05) is 65.1 Å². The predicted molar refractivity (Wildman–Crippen MR) is 288 cm³/mol. The molecule has 0 aliphatic carbocycles. The van der Waals surface area contributed by atoms with Crippen LogP contribution in [0.3, 0.4) is 0 Å². The first-order valence-electron chi connectivity index (χ1n) is 23.0. The molecular formula is C62H46N4S2. The SMILES string of the molecule is Cc1ccc(N2c3ccccc3Sc3cc(N(c4ccccc4)c4ccc(-c5ccc(N(c6ccccc6)c6ccc7c(c6)Sc6ccccc6N7c6ccc(C)cc6)cc5)cc4)ccc32)cc1. The number of rotatable bonds is 9. The molecule has 2 aliphatic rings. The minimum absolute atomic E-state index is 1.09. The lowest BCUT2D eigenvalue weighted by Crippen LogP contribution is -2.16. The molecule has 6 heteroatoms. The Hall–Kier alpha value is -7.90. The van der Waals surface area contributed by atoms with Crippen LogP contribution in [0.1, 0.15) is 11.1 Å². The molecule has 12 rings (SSSR count). The fourth-order valence-electron chi connectivity index (χ4n) is 9.37. The number of para-hydroxylation sites is 4. The molecule has 10 aromatic rings. The Morgan fingerprint density at radius 2 is 0.603 bits per heavy atom. The standard InChI is InChI=1S/C62H46N4S2/c1-43-21-29-51(30-22-43)65-55-17-9-11-19-59(55)67-61-41-53(37-39-57(61)65)63(47-13-5-3-6-14-47)49-33-25-45(26-34-49)46-27-35-50(36-28-46)64(48-15-7-4-8-16-48)54-38-40-58-62(42-54)68-60-20-12-10-18-56(60)66(58)52-31-23-44(2)24-32-52/h3-42H,1-2H3. The maximum Gasteiger partial charge on any atom is 0.0603 e. The molecule has 10 aromatic carbocycles. The van der Waals surface area contributed by atoms with Crippen LogP contribution in [0.4, 0.5) is 68.2 Å². The summed E-state index contributed by atoms with van der Waals surface area (Å²) < 4.78 is 0. The van der Waals surface area contributed by atoms with Crippen molar-refractivity contribution in [3.63, 3.8) is 0 Å². The van der Waals surface area contributed by atoms with Crippen molar-refractivity contribution in [3.05, 3.63) is 254 Å². The highest BCUT2D eigenvalue weighted by Gasteiger charge is 2.28. The summed E-state index contributed by atoms with van der Waals surface area (Å²) in [6.45, 7) is 4.28. The summed E-state index contributed by atoms with van der Waals surface area (Å²) in [4.78, 5) is 14.4. The van der Waals surface area contributed by atoms with Crippen molar-refractivity contribution >= 4 is 91.8 Å². The van der Waals surface area contributed by atoms with Gasteiger partial charge in [-0.05, 0) is 158 Å². The normalized spacial score (nSPS) is 12.4. The topological polar surface area (TPSA) is 13.0 Å². The lowest BCUT2D eigenvalue weighted by Gasteiger charge is -2.34. The Labute approximate surface area is 407 Å². The number of fused-ring (bicyclic) bond motifs is 4. The summed E-state index contributed by atoms with van der Waals surface area (Å²) in [6.07, 6.45) is 0. The minimum atomic E-state index is 1.09. The zero-order valence-corrected chi connectivity index (χ0v) is 39.3. The van der Waals surface area contributed by atoms with E-state index < -0.39 is 0 Å². The van der Waals surface area contributed by atoms with Crippen LogP contribution in [0.2, 0.25) is 0 Å². The van der Waals surface area contributed by atoms with E-state index in [9.17, 15) is 0 Å². The van der Waals surface area contributed by atoms with Crippen molar-refractivity contribution in [2.45, 2.75) is 33.4 Å². The van der Waals surface area contributed by atoms with Crippen LogP contribution in [0, 0.1) is 13.8 Å². The third-order valence-electron chi connectivity index (χ3n) is 12.7. The van der Waals surface area contributed by atoms with Gasteiger partial charge in [-0.25, -0.2) is 0 Å². The van der Waals surface area contributed by atoms with Gasteiger partial charge in [-0.1, -0.05) is 144 Å². The van der Waals surface area contributed by atoms with E-state index in [-0.39, 0.29) is 0 Å². The molecule has 2 aliphatic heterocycles. The maximum absolute atomic E-state index is 2.39. The van der Waals surface area contributed by atoms with Gasteiger partial charge < -0.3 is 19.6 Å². The highest BCUT2D eigenvalue weighted by molar-refractivity contribution is 8.00. The van der Waals surface area contributed by atoms with Crippen LogP contribution in [-0.4, -0.2) is 0 Å². The summed E-state index contributed by atoms with van der Waals surface area (Å²) in [6, 6.07) is 88.1. The van der Waals surface area contributed by atoms with Crippen molar-refractivity contribution in [2.75, 3.05) is 19.6 Å². The van der Waals surface area contributed by atoms with Gasteiger partial charge in [0.05, 0.1) is 22.7 Å². The molecule has 0 unspecified atom stereocenters. The largest absolute Gasteiger partial charge is 0.310 e. The van der Waals surface area contributed by atoms with Gasteiger partial charge in [-0.15, -0.1) is 0 Å². The molecule has 2 heterocycles. The van der Waals surface area contributed by atoms with Crippen LogP contribution >= 0.6 is 23.5 Å². The summed E-state index contributed by atoms with van der Waals surface area (Å²) in [5, 5.41) is 0. The van der Waals surface area contributed by atoms with E-state index in [1.807, 2.05) is 23.5 Å². The number of benzene rings is 10.